The van der Waals surface area contributed by atoms with Crippen LogP contribution in [0.2, 0.25) is 0 Å². The van der Waals surface area contributed by atoms with Gasteiger partial charge in [0, 0.05) is 48.8 Å². The van der Waals surface area contributed by atoms with Crippen molar-refractivity contribution < 1.29 is 18.7 Å². The Morgan fingerprint density at radius 3 is 2.67 bits per heavy atom. The number of nitrogens with zero attached hydrogens (tertiary/aromatic N) is 3. The van der Waals surface area contributed by atoms with Crippen LogP contribution in [0.1, 0.15) is 55.4 Å². The van der Waals surface area contributed by atoms with Crippen LogP contribution in [-0.4, -0.2) is 66.2 Å². The zero-order valence-electron chi connectivity index (χ0n) is 21.3. The summed E-state index contributed by atoms with van der Waals surface area (Å²) in [6.07, 6.45) is 7.43. The number of halogens is 1. The number of hydrogen-bond acceptors (Lipinski definition) is 4. The molecule has 0 N–H and O–H groups in total. The molecule has 36 heavy (non-hydrogen) atoms. The molecule has 7 heteroatoms. The highest BCUT2D eigenvalue weighted by molar-refractivity contribution is 5.97. The number of likely N-dealkylation sites (tertiary alicyclic amines) is 2. The van der Waals surface area contributed by atoms with Gasteiger partial charge in [-0.25, -0.2) is 4.39 Å². The summed E-state index contributed by atoms with van der Waals surface area (Å²) in [6, 6.07) is 13.9. The number of piperidine rings is 1. The predicted octanol–water partition coefficient (Wildman–Crippen LogP) is 5.52. The summed E-state index contributed by atoms with van der Waals surface area (Å²) in [5.74, 6) is 0.347. The molecule has 1 amide bonds. The fourth-order valence-corrected chi connectivity index (χ4v) is 5.72. The molecule has 0 unspecified atom stereocenters. The maximum absolute atomic E-state index is 14.4. The molecule has 2 aliphatic rings. The van der Waals surface area contributed by atoms with Gasteiger partial charge < -0.3 is 23.8 Å². The van der Waals surface area contributed by atoms with Crippen LogP contribution in [-0.2, 0) is 0 Å². The number of methoxy groups -OCH3 is 1. The first-order valence-corrected chi connectivity index (χ1v) is 13.1. The van der Waals surface area contributed by atoms with E-state index in [1.807, 2.05) is 0 Å². The zero-order chi connectivity index (χ0) is 25.1. The molecule has 0 bridgehead atoms. The Kier molecular flexibility index (Phi) is 7.46. The number of ether oxygens (including phenoxy) is 2. The van der Waals surface area contributed by atoms with Gasteiger partial charge in [-0.1, -0.05) is 6.07 Å². The van der Waals surface area contributed by atoms with Crippen molar-refractivity contribution in [2.24, 2.45) is 0 Å². The van der Waals surface area contributed by atoms with Gasteiger partial charge in [0.2, 0.25) is 0 Å². The minimum atomic E-state index is -0.540. The minimum absolute atomic E-state index is 0.0207. The van der Waals surface area contributed by atoms with Crippen molar-refractivity contribution in [2.45, 2.75) is 51.1 Å². The van der Waals surface area contributed by atoms with E-state index in [9.17, 15) is 9.18 Å². The number of benzene rings is 2. The van der Waals surface area contributed by atoms with E-state index < -0.39 is 5.82 Å². The summed E-state index contributed by atoms with van der Waals surface area (Å²) in [5.41, 5.74) is 1.20. The summed E-state index contributed by atoms with van der Waals surface area (Å²) < 4.78 is 28.0. The molecule has 1 atom stereocenters. The second-order valence-electron chi connectivity index (χ2n) is 10.0. The van der Waals surface area contributed by atoms with Gasteiger partial charge in [0.05, 0.1) is 13.7 Å². The van der Waals surface area contributed by atoms with Crippen molar-refractivity contribution in [3.8, 4) is 11.5 Å². The Balaban J connectivity index is 1.17. The third-order valence-corrected chi connectivity index (χ3v) is 7.80. The van der Waals surface area contributed by atoms with Crippen LogP contribution in [0.5, 0.6) is 11.5 Å². The Labute approximate surface area is 212 Å². The highest BCUT2D eigenvalue weighted by atomic mass is 19.1. The van der Waals surface area contributed by atoms with Gasteiger partial charge in [0.15, 0.2) is 0 Å². The molecule has 3 aromatic rings. The molecule has 192 valence electrons. The topological polar surface area (TPSA) is 46.9 Å². The number of carbonyl (C=O) groups is 1. The number of hydrogen-bond donors (Lipinski definition) is 0. The maximum Gasteiger partial charge on any atom is 0.260 e. The molecule has 5 rings (SSSR count). The molecule has 3 heterocycles. The normalized spacial score (nSPS) is 19.2. The van der Waals surface area contributed by atoms with Crippen LogP contribution in [0.4, 0.5) is 4.39 Å². The van der Waals surface area contributed by atoms with E-state index in [4.69, 9.17) is 9.47 Å². The van der Waals surface area contributed by atoms with Crippen molar-refractivity contribution in [3.63, 3.8) is 0 Å². The minimum Gasteiger partial charge on any atom is -0.496 e. The van der Waals surface area contributed by atoms with Gasteiger partial charge in [-0.2, -0.15) is 0 Å². The highest BCUT2D eigenvalue weighted by Crippen LogP contribution is 2.31. The van der Waals surface area contributed by atoms with Crippen LogP contribution < -0.4 is 9.47 Å². The fraction of sp³-hybridized carbons (Fsp3) is 0.483. The molecule has 0 aliphatic carbocycles. The number of rotatable bonds is 8. The number of aromatic nitrogens is 1. The third kappa shape index (κ3) is 5.07. The monoisotopic (exact) mass is 493 g/mol. The van der Waals surface area contributed by atoms with Gasteiger partial charge in [-0.3, -0.25) is 4.79 Å². The van der Waals surface area contributed by atoms with Gasteiger partial charge in [-0.05, 0) is 82.0 Å². The average Bonchev–Trinajstić information content (AvgIpc) is 3.51. The van der Waals surface area contributed by atoms with Crippen molar-refractivity contribution in [2.75, 3.05) is 39.9 Å². The molecule has 2 fully saturated rings. The summed E-state index contributed by atoms with van der Waals surface area (Å²) in [5, 5.41) is 1.16. The third-order valence-electron chi connectivity index (χ3n) is 7.80. The molecule has 2 saturated heterocycles. The SMILES string of the molecule is COc1cccc(F)c1C(=O)N1CCC(n2ccc3cc(OCCCN4CCC[C@H]4C)ccc32)CC1. The van der Waals surface area contributed by atoms with Gasteiger partial charge in [0.1, 0.15) is 22.9 Å². The molecule has 0 radical (unpaired) electrons. The summed E-state index contributed by atoms with van der Waals surface area (Å²) in [7, 11) is 1.46. The van der Waals surface area contributed by atoms with Crippen LogP contribution in [0.25, 0.3) is 10.9 Å². The van der Waals surface area contributed by atoms with E-state index >= 15 is 0 Å². The lowest BCUT2D eigenvalue weighted by Crippen LogP contribution is -2.39. The van der Waals surface area contributed by atoms with E-state index in [1.54, 1.807) is 17.0 Å². The molecular weight excluding hydrogens is 457 g/mol. The van der Waals surface area contributed by atoms with Crippen molar-refractivity contribution in [1.82, 2.24) is 14.4 Å². The summed E-state index contributed by atoms with van der Waals surface area (Å²) in [6.45, 7) is 6.52. The summed E-state index contributed by atoms with van der Waals surface area (Å²) >= 11 is 0. The lowest BCUT2D eigenvalue weighted by molar-refractivity contribution is 0.0687. The Hall–Kier alpha value is -3.06. The van der Waals surface area contributed by atoms with Crippen molar-refractivity contribution >= 4 is 16.8 Å². The summed E-state index contributed by atoms with van der Waals surface area (Å²) in [4.78, 5) is 17.3. The van der Waals surface area contributed by atoms with E-state index in [0.717, 1.165) is 43.5 Å². The molecule has 2 aliphatic heterocycles. The van der Waals surface area contributed by atoms with Crippen molar-refractivity contribution in [3.05, 3.63) is 60.0 Å². The molecule has 2 aromatic carbocycles. The first-order valence-electron chi connectivity index (χ1n) is 13.1. The first kappa shape index (κ1) is 24.6. The van der Waals surface area contributed by atoms with Crippen LogP contribution in [0.3, 0.4) is 0 Å². The molecular formula is C29H36FN3O3. The van der Waals surface area contributed by atoms with Crippen molar-refractivity contribution in [1.29, 1.82) is 0 Å². The van der Waals surface area contributed by atoms with E-state index in [-0.39, 0.29) is 17.2 Å². The molecule has 1 aromatic heterocycles. The second kappa shape index (κ2) is 10.9. The number of amides is 1. The van der Waals surface area contributed by atoms with Crippen LogP contribution in [0, 0.1) is 5.82 Å². The fourth-order valence-electron chi connectivity index (χ4n) is 5.72. The predicted molar refractivity (Wildman–Crippen MR) is 139 cm³/mol. The molecule has 6 nitrogen and oxygen atoms in total. The highest BCUT2D eigenvalue weighted by Gasteiger charge is 2.28. The zero-order valence-corrected chi connectivity index (χ0v) is 21.3. The Morgan fingerprint density at radius 2 is 1.92 bits per heavy atom. The van der Waals surface area contributed by atoms with Gasteiger partial charge >= 0.3 is 0 Å². The van der Waals surface area contributed by atoms with Gasteiger partial charge in [0.25, 0.3) is 5.91 Å². The van der Waals surface area contributed by atoms with E-state index in [1.165, 1.54) is 38.1 Å². The second-order valence-corrected chi connectivity index (χ2v) is 10.0. The lowest BCUT2D eigenvalue weighted by atomic mass is 10.0. The Morgan fingerprint density at radius 1 is 1.08 bits per heavy atom. The molecule has 0 spiro atoms. The number of carbonyl (C=O) groups excluding carboxylic acids is 1. The average molecular weight is 494 g/mol. The maximum atomic E-state index is 14.4. The number of fused-ring (bicyclic) bond motifs is 1. The first-order chi connectivity index (χ1) is 17.5. The smallest absolute Gasteiger partial charge is 0.260 e. The van der Waals surface area contributed by atoms with Crippen LogP contribution in [0.15, 0.2) is 48.7 Å². The Bertz CT molecular complexity index is 1200. The standard InChI is InChI=1S/C29H36FN3O3/c1-21-6-4-14-31(21)15-5-19-36-24-9-10-26-22(20-24)11-18-33(26)23-12-16-32(17-13-23)29(34)28-25(30)7-3-8-27(28)35-2/h3,7-11,18,20-21,23H,4-6,12-17,19H2,1-2H3/t21-/m1/s1. The van der Waals surface area contributed by atoms with Crippen LogP contribution >= 0.6 is 0 Å². The van der Waals surface area contributed by atoms with Gasteiger partial charge in [-0.15, -0.1) is 0 Å². The largest absolute Gasteiger partial charge is 0.496 e. The quantitative estimate of drug-likeness (QED) is 0.388. The van der Waals surface area contributed by atoms with E-state index in [0.29, 0.717) is 25.2 Å². The molecule has 0 saturated carbocycles. The van der Waals surface area contributed by atoms with E-state index in [2.05, 4.69) is 46.9 Å². The lowest BCUT2D eigenvalue weighted by Gasteiger charge is -2.33.